The first-order valence-corrected chi connectivity index (χ1v) is 12.9. The maximum Gasteiger partial charge on any atom is 0.245 e. The molecule has 2 heterocycles. The molecule has 0 spiro atoms. The molecule has 7 heteroatoms. The Morgan fingerprint density at radius 1 is 1.00 bits per heavy atom. The number of piperazine rings is 1. The standard InChI is InChI=1S/C24H33N3O3S/c1-31-16-11-21(27-22(28)19-9-5-6-10-20(19)23(27)29)24(30)26-14-12-25(13-15-26)17-18-7-3-2-4-8-18/h2-4,7-8,19-21H,5-6,9-17H2,1H3. The van der Waals surface area contributed by atoms with Crippen molar-refractivity contribution >= 4 is 29.5 Å². The predicted molar refractivity (Wildman–Crippen MR) is 122 cm³/mol. The minimum Gasteiger partial charge on any atom is -0.338 e. The lowest BCUT2D eigenvalue weighted by molar-refractivity contribution is -0.152. The molecule has 0 aromatic heterocycles. The molecule has 6 nitrogen and oxygen atoms in total. The Kier molecular flexibility index (Phi) is 7.33. The number of benzene rings is 1. The van der Waals surface area contributed by atoms with Crippen LogP contribution in [0.5, 0.6) is 0 Å². The van der Waals surface area contributed by atoms with Gasteiger partial charge in [0.25, 0.3) is 0 Å². The van der Waals surface area contributed by atoms with E-state index in [1.54, 1.807) is 11.8 Å². The maximum absolute atomic E-state index is 13.5. The lowest BCUT2D eigenvalue weighted by Gasteiger charge is -2.38. The number of carbonyl (C=O) groups is 3. The van der Waals surface area contributed by atoms with Crippen molar-refractivity contribution in [2.75, 3.05) is 38.2 Å². The number of carbonyl (C=O) groups excluding carboxylic acids is 3. The average molecular weight is 444 g/mol. The molecule has 2 saturated heterocycles. The molecule has 31 heavy (non-hydrogen) atoms. The molecule has 0 N–H and O–H groups in total. The highest BCUT2D eigenvalue weighted by atomic mass is 32.2. The zero-order chi connectivity index (χ0) is 21.8. The summed E-state index contributed by atoms with van der Waals surface area (Å²) >= 11 is 1.65. The van der Waals surface area contributed by atoms with E-state index >= 15 is 0 Å². The van der Waals surface area contributed by atoms with Crippen molar-refractivity contribution in [2.24, 2.45) is 11.8 Å². The Labute approximate surface area is 189 Å². The quantitative estimate of drug-likeness (QED) is 0.607. The molecule has 1 aromatic rings. The topological polar surface area (TPSA) is 60.9 Å². The van der Waals surface area contributed by atoms with Crippen molar-refractivity contribution in [1.29, 1.82) is 0 Å². The normalized spacial score (nSPS) is 25.6. The average Bonchev–Trinajstić information content (AvgIpc) is 3.06. The molecule has 168 valence electrons. The molecule has 1 aliphatic carbocycles. The number of nitrogens with zero attached hydrogens (tertiary/aromatic N) is 3. The molecule has 2 aliphatic heterocycles. The molecule has 3 fully saturated rings. The van der Waals surface area contributed by atoms with E-state index in [-0.39, 0.29) is 29.6 Å². The van der Waals surface area contributed by atoms with Gasteiger partial charge in [0.05, 0.1) is 11.8 Å². The number of hydrogen-bond donors (Lipinski definition) is 0. The number of imide groups is 1. The Balaban J connectivity index is 1.42. The summed E-state index contributed by atoms with van der Waals surface area (Å²) in [7, 11) is 0. The monoisotopic (exact) mass is 443 g/mol. The summed E-state index contributed by atoms with van der Waals surface area (Å²) in [5, 5.41) is 0. The number of likely N-dealkylation sites (tertiary alicyclic amines) is 1. The van der Waals surface area contributed by atoms with E-state index in [9.17, 15) is 14.4 Å². The highest BCUT2D eigenvalue weighted by Gasteiger charge is 2.52. The van der Waals surface area contributed by atoms with Crippen LogP contribution in [0.3, 0.4) is 0 Å². The van der Waals surface area contributed by atoms with Gasteiger partial charge in [0.1, 0.15) is 6.04 Å². The largest absolute Gasteiger partial charge is 0.338 e. The van der Waals surface area contributed by atoms with Gasteiger partial charge in [0, 0.05) is 32.7 Å². The maximum atomic E-state index is 13.5. The molecule has 1 aromatic carbocycles. The molecular weight excluding hydrogens is 410 g/mol. The number of fused-ring (bicyclic) bond motifs is 1. The van der Waals surface area contributed by atoms with Gasteiger partial charge in [-0.05, 0) is 36.8 Å². The van der Waals surface area contributed by atoms with Crippen LogP contribution in [0.2, 0.25) is 0 Å². The fraction of sp³-hybridized carbons (Fsp3) is 0.625. The third-order valence-electron chi connectivity index (χ3n) is 7.00. The zero-order valence-corrected chi connectivity index (χ0v) is 19.2. The second-order valence-corrected chi connectivity index (χ2v) is 9.91. The summed E-state index contributed by atoms with van der Waals surface area (Å²) in [5.74, 6) is 0.112. The van der Waals surface area contributed by atoms with Crippen LogP contribution in [-0.2, 0) is 20.9 Å². The Bertz CT molecular complexity index is 771. The van der Waals surface area contributed by atoms with Gasteiger partial charge in [-0.3, -0.25) is 24.2 Å². The van der Waals surface area contributed by atoms with E-state index in [0.717, 1.165) is 51.1 Å². The highest BCUT2D eigenvalue weighted by molar-refractivity contribution is 7.98. The molecule has 0 radical (unpaired) electrons. The van der Waals surface area contributed by atoms with Gasteiger partial charge in [-0.15, -0.1) is 0 Å². The van der Waals surface area contributed by atoms with E-state index < -0.39 is 6.04 Å². The van der Waals surface area contributed by atoms with Gasteiger partial charge in [0.2, 0.25) is 17.7 Å². The van der Waals surface area contributed by atoms with Crippen molar-refractivity contribution in [3.8, 4) is 0 Å². The first kappa shape index (κ1) is 22.3. The van der Waals surface area contributed by atoms with Crippen molar-refractivity contribution in [1.82, 2.24) is 14.7 Å². The van der Waals surface area contributed by atoms with Crippen molar-refractivity contribution < 1.29 is 14.4 Å². The minimum atomic E-state index is -0.640. The van der Waals surface area contributed by atoms with E-state index in [0.29, 0.717) is 19.5 Å². The molecule has 3 aliphatic rings. The molecule has 1 saturated carbocycles. The summed E-state index contributed by atoms with van der Waals surface area (Å²) in [6, 6.07) is 9.73. The SMILES string of the molecule is CSCCC(C(=O)N1CCN(Cc2ccccc2)CC1)N1C(=O)C2CCCCC2C1=O. The molecule has 3 atom stereocenters. The molecular formula is C24H33N3O3S. The number of thioether (sulfide) groups is 1. The summed E-state index contributed by atoms with van der Waals surface area (Å²) in [6.07, 6.45) is 6.11. The summed E-state index contributed by atoms with van der Waals surface area (Å²) in [5.41, 5.74) is 1.27. The Hall–Kier alpha value is -1.86. The lowest BCUT2D eigenvalue weighted by atomic mass is 9.81. The van der Waals surface area contributed by atoms with Crippen molar-refractivity contribution in [3.05, 3.63) is 35.9 Å². The van der Waals surface area contributed by atoms with Gasteiger partial charge in [0.15, 0.2) is 0 Å². The van der Waals surface area contributed by atoms with Crippen LogP contribution in [0, 0.1) is 11.8 Å². The Morgan fingerprint density at radius 2 is 1.61 bits per heavy atom. The van der Waals surface area contributed by atoms with Crippen molar-refractivity contribution in [2.45, 2.75) is 44.7 Å². The van der Waals surface area contributed by atoms with Crippen LogP contribution in [0.4, 0.5) is 0 Å². The van der Waals surface area contributed by atoms with Gasteiger partial charge in [-0.2, -0.15) is 11.8 Å². The number of amides is 3. The summed E-state index contributed by atoms with van der Waals surface area (Å²) in [4.78, 5) is 45.3. The van der Waals surface area contributed by atoms with Crippen LogP contribution in [0.25, 0.3) is 0 Å². The van der Waals surface area contributed by atoms with Crippen molar-refractivity contribution in [3.63, 3.8) is 0 Å². The first-order valence-electron chi connectivity index (χ1n) is 11.5. The lowest BCUT2D eigenvalue weighted by Crippen LogP contribution is -2.56. The predicted octanol–water partition coefficient (Wildman–Crippen LogP) is 2.63. The highest BCUT2D eigenvalue weighted by Crippen LogP contribution is 2.39. The van der Waals surface area contributed by atoms with Gasteiger partial charge in [-0.25, -0.2) is 0 Å². The van der Waals surface area contributed by atoms with E-state index in [1.165, 1.54) is 10.5 Å². The third-order valence-corrected chi connectivity index (χ3v) is 7.64. The van der Waals surface area contributed by atoms with Crippen LogP contribution in [0.15, 0.2) is 30.3 Å². The fourth-order valence-electron chi connectivity index (χ4n) is 5.27. The van der Waals surface area contributed by atoms with E-state index in [1.807, 2.05) is 29.4 Å². The van der Waals surface area contributed by atoms with Gasteiger partial charge >= 0.3 is 0 Å². The summed E-state index contributed by atoms with van der Waals surface area (Å²) < 4.78 is 0. The van der Waals surface area contributed by atoms with Crippen LogP contribution < -0.4 is 0 Å². The van der Waals surface area contributed by atoms with Crippen LogP contribution in [0.1, 0.15) is 37.7 Å². The minimum absolute atomic E-state index is 0.0474. The molecule has 3 unspecified atom stereocenters. The van der Waals surface area contributed by atoms with Gasteiger partial charge < -0.3 is 4.90 Å². The second kappa shape index (κ2) is 10.2. The fourth-order valence-corrected chi connectivity index (χ4v) is 5.73. The van der Waals surface area contributed by atoms with Crippen LogP contribution in [-0.4, -0.2) is 76.7 Å². The van der Waals surface area contributed by atoms with Crippen LogP contribution >= 0.6 is 11.8 Å². The molecule has 3 amide bonds. The third kappa shape index (κ3) is 4.82. The second-order valence-electron chi connectivity index (χ2n) is 8.93. The smallest absolute Gasteiger partial charge is 0.245 e. The first-order chi connectivity index (χ1) is 15.1. The van der Waals surface area contributed by atoms with E-state index in [4.69, 9.17) is 0 Å². The molecule has 0 bridgehead atoms. The van der Waals surface area contributed by atoms with Gasteiger partial charge in [-0.1, -0.05) is 43.2 Å². The Morgan fingerprint density at radius 3 is 2.19 bits per heavy atom. The molecule has 4 rings (SSSR count). The van der Waals surface area contributed by atoms with E-state index in [2.05, 4.69) is 17.0 Å². The summed E-state index contributed by atoms with van der Waals surface area (Å²) in [6.45, 7) is 3.78. The number of rotatable bonds is 7. The zero-order valence-electron chi connectivity index (χ0n) is 18.4. The number of hydrogen-bond acceptors (Lipinski definition) is 5.